The third-order valence-corrected chi connectivity index (χ3v) is 10.0. The van der Waals surface area contributed by atoms with E-state index >= 15 is 0 Å². The lowest BCUT2D eigenvalue weighted by Gasteiger charge is -2.34. The molecule has 8 nitrogen and oxygen atoms in total. The number of unbranched alkanes of at least 4 members (excludes halogenated alkanes) is 1. The summed E-state index contributed by atoms with van der Waals surface area (Å²) in [5.74, 6) is -0.249. The molecule has 0 aliphatic rings. The average Bonchev–Trinajstić information content (AvgIpc) is 3.07. The SMILES string of the molecule is CCCCNC(=O)[C@@H](Cc1ccccc1)N(Cc1ccc(Br)cc1)C(=O)CN(c1ccc(C)cc1)S(=O)(=O)c1ccc(OCC)cc1. The van der Waals surface area contributed by atoms with Gasteiger partial charge in [-0.1, -0.05) is 89.4 Å². The molecule has 0 aromatic heterocycles. The number of halogens is 1. The number of aryl methyl sites for hydroxylation is 1. The molecule has 0 unspecified atom stereocenters. The predicted octanol–water partition coefficient (Wildman–Crippen LogP) is 6.91. The van der Waals surface area contributed by atoms with E-state index in [4.69, 9.17) is 4.74 Å². The molecule has 4 rings (SSSR count). The Morgan fingerprint density at radius 1 is 0.851 bits per heavy atom. The number of nitrogens with one attached hydrogen (secondary N) is 1. The molecule has 0 radical (unpaired) electrons. The Hall–Kier alpha value is -4.15. The molecule has 1 N–H and O–H groups in total. The van der Waals surface area contributed by atoms with Crippen molar-refractivity contribution in [1.29, 1.82) is 0 Å². The molecule has 0 aliphatic heterocycles. The monoisotopic (exact) mass is 719 g/mol. The summed E-state index contributed by atoms with van der Waals surface area (Å²) in [5.41, 5.74) is 2.97. The zero-order valence-corrected chi connectivity index (χ0v) is 29.5. The molecule has 47 heavy (non-hydrogen) atoms. The van der Waals surface area contributed by atoms with Crippen molar-refractivity contribution in [3.8, 4) is 5.75 Å². The van der Waals surface area contributed by atoms with Crippen LogP contribution in [-0.2, 0) is 32.6 Å². The van der Waals surface area contributed by atoms with Gasteiger partial charge in [-0.15, -0.1) is 0 Å². The maximum atomic E-state index is 14.6. The number of hydrogen-bond acceptors (Lipinski definition) is 5. The summed E-state index contributed by atoms with van der Waals surface area (Å²) in [4.78, 5) is 29.9. The van der Waals surface area contributed by atoms with Crippen molar-refractivity contribution in [2.45, 2.75) is 57.5 Å². The van der Waals surface area contributed by atoms with E-state index in [1.165, 1.54) is 17.0 Å². The topological polar surface area (TPSA) is 96.0 Å². The van der Waals surface area contributed by atoms with Gasteiger partial charge in [0.1, 0.15) is 18.3 Å². The number of carbonyl (C=O) groups is 2. The van der Waals surface area contributed by atoms with Crippen LogP contribution in [0.3, 0.4) is 0 Å². The average molecular weight is 721 g/mol. The highest BCUT2D eigenvalue weighted by Crippen LogP contribution is 2.27. The van der Waals surface area contributed by atoms with Crippen molar-refractivity contribution in [1.82, 2.24) is 10.2 Å². The highest BCUT2D eigenvalue weighted by Gasteiger charge is 2.34. The van der Waals surface area contributed by atoms with Gasteiger partial charge in [-0.25, -0.2) is 8.42 Å². The Kier molecular flexibility index (Phi) is 13.0. The molecule has 0 fully saturated rings. The van der Waals surface area contributed by atoms with Crippen molar-refractivity contribution < 1.29 is 22.7 Å². The molecular formula is C37H42BrN3O5S. The summed E-state index contributed by atoms with van der Waals surface area (Å²) in [6.45, 7) is 6.32. The standard InChI is InChI=1S/C37H42BrN3O5S/c1-4-6-24-39-37(43)35(25-29-10-8-7-9-11-29)40(26-30-14-16-31(38)17-15-30)36(42)27-41(32-18-12-28(3)13-19-32)47(44,45)34-22-20-33(21-23-34)46-5-2/h7-23,35H,4-6,24-27H2,1-3H3,(H,39,43)/t35-/m1/s1. The lowest BCUT2D eigenvalue weighted by molar-refractivity contribution is -0.140. The first-order chi connectivity index (χ1) is 22.6. The number of nitrogens with zero attached hydrogens (tertiary/aromatic N) is 2. The smallest absolute Gasteiger partial charge is 0.264 e. The Balaban J connectivity index is 1.77. The van der Waals surface area contributed by atoms with Gasteiger partial charge in [0.25, 0.3) is 10.0 Å². The minimum atomic E-state index is -4.20. The second-order valence-electron chi connectivity index (χ2n) is 11.2. The zero-order chi connectivity index (χ0) is 33.8. The molecule has 4 aromatic carbocycles. The lowest BCUT2D eigenvalue weighted by atomic mass is 10.0. The van der Waals surface area contributed by atoms with E-state index in [-0.39, 0.29) is 23.8 Å². The second kappa shape index (κ2) is 17.1. The van der Waals surface area contributed by atoms with Gasteiger partial charge in [0, 0.05) is 24.0 Å². The molecule has 2 amide bonds. The number of carbonyl (C=O) groups excluding carboxylic acids is 2. The van der Waals surface area contributed by atoms with Crippen molar-refractivity contribution in [2.75, 3.05) is 24.0 Å². The highest BCUT2D eigenvalue weighted by atomic mass is 79.9. The first kappa shape index (κ1) is 35.7. The molecule has 0 saturated heterocycles. The van der Waals surface area contributed by atoms with E-state index in [9.17, 15) is 18.0 Å². The number of anilines is 1. The first-order valence-electron chi connectivity index (χ1n) is 15.8. The normalized spacial score (nSPS) is 11.8. The zero-order valence-electron chi connectivity index (χ0n) is 27.1. The van der Waals surface area contributed by atoms with Crippen molar-refractivity contribution >= 4 is 43.5 Å². The van der Waals surface area contributed by atoms with Crippen molar-refractivity contribution in [3.05, 3.63) is 124 Å². The van der Waals surface area contributed by atoms with Crippen LogP contribution in [0.1, 0.15) is 43.4 Å². The van der Waals surface area contributed by atoms with Crippen LogP contribution in [0.4, 0.5) is 5.69 Å². The maximum absolute atomic E-state index is 14.6. The number of rotatable bonds is 16. The van der Waals surface area contributed by atoms with Gasteiger partial charge in [0.05, 0.1) is 17.2 Å². The second-order valence-corrected chi connectivity index (χ2v) is 14.0. The number of sulfonamides is 1. The lowest BCUT2D eigenvalue weighted by Crippen LogP contribution is -2.53. The fourth-order valence-electron chi connectivity index (χ4n) is 5.09. The van der Waals surface area contributed by atoms with Crippen LogP contribution in [0.25, 0.3) is 0 Å². The van der Waals surface area contributed by atoms with Gasteiger partial charge in [0.2, 0.25) is 11.8 Å². The fourth-order valence-corrected chi connectivity index (χ4v) is 6.77. The van der Waals surface area contributed by atoms with Crippen LogP contribution < -0.4 is 14.4 Å². The van der Waals surface area contributed by atoms with E-state index in [0.717, 1.165) is 38.3 Å². The molecule has 0 saturated carbocycles. The van der Waals surface area contributed by atoms with E-state index in [2.05, 4.69) is 21.2 Å². The van der Waals surface area contributed by atoms with Crippen LogP contribution in [0, 0.1) is 6.92 Å². The summed E-state index contributed by atoms with van der Waals surface area (Å²) < 4.78 is 36.0. The Morgan fingerprint density at radius 3 is 2.13 bits per heavy atom. The molecule has 4 aromatic rings. The van der Waals surface area contributed by atoms with Gasteiger partial charge in [0.15, 0.2) is 0 Å². The van der Waals surface area contributed by atoms with Gasteiger partial charge < -0.3 is 15.0 Å². The molecule has 248 valence electrons. The Bertz CT molecular complexity index is 1700. The Labute approximate surface area is 286 Å². The quantitative estimate of drug-likeness (QED) is 0.127. The molecule has 0 spiro atoms. The minimum Gasteiger partial charge on any atom is -0.494 e. The van der Waals surface area contributed by atoms with E-state index in [0.29, 0.717) is 24.6 Å². The van der Waals surface area contributed by atoms with E-state index < -0.39 is 28.5 Å². The summed E-state index contributed by atoms with van der Waals surface area (Å²) >= 11 is 3.47. The third kappa shape index (κ3) is 9.92. The van der Waals surface area contributed by atoms with Crippen molar-refractivity contribution in [3.63, 3.8) is 0 Å². The summed E-state index contributed by atoms with van der Waals surface area (Å²) in [6, 6.07) is 29.3. The number of ether oxygens (including phenoxy) is 1. The van der Waals surface area contributed by atoms with Crippen LogP contribution in [-0.4, -0.2) is 50.9 Å². The largest absolute Gasteiger partial charge is 0.494 e. The third-order valence-electron chi connectivity index (χ3n) is 7.69. The van der Waals surface area contributed by atoms with Crippen molar-refractivity contribution in [2.24, 2.45) is 0 Å². The van der Waals surface area contributed by atoms with E-state index in [1.54, 1.807) is 36.4 Å². The van der Waals surface area contributed by atoms with Gasteiger partial charge in [-0.05, 0) is 79.9 Å². The summed E-state index contributed by atoms with van der Waals surface area (Å²) in [7, 11) is -4.20. The molecule has 0 heterocycles. The van der Waals surface area contributed by atoms with Gasteiger partial charge in [-0.2, -0.15) is 0 Å². The van der Waals surface area contributed by atoms with Crippen LogP contribution in [0.15, 0.2) is 112 Å². The van der Waals surface area contributed by atoms with Gasteiger partial charge in [-0.3, -0.25) is 13.9 Å². The summed E-state index contributed by atoms with van der Waals surface area (Å²) in [5, 5.41) is 3.01. The predicted molar refractivity (Wildman–Crippen MR) is 190 cm³/mol. The molecule has 10 heteroatoms. The molecule has 0 aliphatic carbocycles. The van der Waals surface area contributed by atoms with Crippen LogP contribution in [0.5, 0.6) is 5.75 Å². The van der Waals surface area contributed by atoms with Crippen LogP contribution in [0.2, 0.25) is 0 Å². The minimum absolute atomic E-state index is 0.0203. The number of hydrogen-bond donors (Lipinski definition) is 1. The molecular weight excluding hydrogens is 678 g/mol. The summed E-state index contributed by atoms with van der Waals surface area (Å²) in [6.07, 6.45) is 1.96. The van der Waals surface area contributed by atoms with Crippen LogP contribution >= 0.6 is 15.9 Å². The van der Waals surface area contributed by atoms with E-state index in [1.807, 2.05) is 75.4 Å². The maximum Gasteiger partial charge on any atom is 0.264 e. The van der Waals surface area contributed by atoms with Gasteiger partial charge >= 0.3 is 0 Å². The number of amides is 2. The first-order valence-corrected chi connectivity index (χ1v) is 18.0. The molecule has 0 bridgehead atoms. The fraction of sp³-hybridized carbons (Fsp3) is 0.297. The Morgan fingerprint density at radius 2 is 1.51 bits per heavy atom. The highest BCUT2D eigenvalue weighted by molar-refractivity contribution is 9.10. The molecule has 1 atom stereocenters. The number of benzene rings is 4.